The molecule has 0 amide bonds. The largest absolute Gasteiger partial charge is 0.393 e. The summed E-state index contributed by atoms with van der Waals surface area (Å²) in [7, 11) is 0. The van der Waals surface area contributed by atoms with Crippen molar-refractivity contribution in [3.05, 3.63) is 0 Å². The van der Waals surface area contributed by atoms with Crippen molar-refractivity contribution in [1.29, 1.82) is 0 Å². The Morgan fingerprint density at radius 1 is 0.917 bits per heavy atom. The molecule has 0 radical (unpaired) electrons. The quantitative estimate of drug-likeness (QED) is 0.587. The summed E-state index contributed by atoms with van der Waals surface area (Å²) >= 11 is 0. The molecular formula is C9H20O3. The second-order valence-electron chi connectivity index (χ2n) is 4.53. The third-order valence-electron chi connectivity index (χ3n) is 2.00. The molecule has 0 spiro atoms. The standard InChI is InChI=1S/C9H20O3/c1-6(10)7(8(2,3)11)9(4,5)12/h6-7,10-12H,1-5H3. The molecule has 0 aliphatic carbocycles. The minimum absolute atomic E-state index is 0.551. The fraction of sp³-hybridized carbons (Fsp3) is 1.00. The van der Waals surface area contributed by atoms with Crippen LogP contribution in [0.5, 0.6) is 0 Å². The van der Waals surface area contributed by atoms with Crippen molar-refractivity contribution in [2.24, 2.45) is 5.92 Å². The van der Waals surface area contributed by atoms with Gasteiger partial charge in [-0.3, -0.25) is 0 Å². The van der Waals surface area contributed by atoms with Crippen LogP contribution in [0, 0.1) is 5.92 Å². The second kappa shape index (κ2) is 3.32. The highest BCUT2D eigenvalue weighted by Crippen LogP contribution is 2.30. The predicted molar refractivity (Wildman–Crippen MR) is 47.8 cm³/mol. The van der Waals surface area contributed by atoms with E-state index in [-0.39, 0.29) is 0 Å². The van der Waals surface area contributed by atoms with Crippen molar-refractivity contribution in [3.8, 4) is 0 Å². The highest BCUT2D eigenvalue weighted by molar-refractivity contribution is 4.91. The summed E-state index contributed by atoms with van der Waals surface area (Å²) in [6.45, 7) is 7.91. The first-order chi connectivity index (χ1) is 5.07. The Bertz CT molecular complexity index is 125. The second-order valence-corrected chi connectivity index (χ2v) is 4.53. The lowest BCUT2D eigenvalue weighted by atomic mass is 9.76. The van der Waals surface area contributed by atoms with E-state index in [0.29, 0.717) is 0 Å². The molecule has 0 bridgehead atoms. The molecule has 0 aromatic rings. The first-order valence-corrected chi connectivity index (χ1v) is 4.19. The monoisotopic (exact) mass is 176 g/mol. The van der Waals surface area contributed by atoms with Crippen LogP contribution < -0.4 is 0 Å². The molecule has 0 heterocycles. The van der Waals surface area contributed by atoms with Gasteiger partial charge >= 0.3 is 0 Å². The summed E-state index contributed by atoms with van der Waals surface area (Å²) in [5.41, 5.74) is -2.15. The van der Waals surface area contributed by atoms with Crippen molar-refractivity contribution in [3.63, 3.8) is 0 Å². The van der Waals surface area contributed by atoms with Crippen LogP contribution in [0.3, 0.4) is 0 Å². The van der Waals surface area contributed by atoms with Gasteiger partial charge in [0.05, 0.1) is 17.3 Å². The van der Waals surface area contributed by atoms with Gasteiger partial charge in [0, 0.05) is 5.92 Å². The third-order valence-corrected chi connectivity index (χ3v) is 2.00. The molecule has 3 nitrogen and oxygen atoms in total. The molecule has 0 aromatic heterocycles. The van der Waals surface area contributed by atoms with Crippen LogP contribution >= 0.6 is 0 Å². The lowest BCUT2D eigenvalue weighted by molar-refractivity contribution is -0.133. The molecule has 0 aromatic carbocycles. The van der Waals surface area contributed by atoms with Crippen molar-refractivity contribution < 1.29 is 15.3 Å². The molecule has 1 unspecified atom stereocenters. The van der Waals surface area contributed by atoms with Crippen LogP contribution in [0.4, 0.5) is 0 Å². The molecular weight excluding hydrogens is 156 g/mol. The van der Waals surface area contributed by atoms with Crippen LogP contribution in [-0.4, -0.2) is 32.6 Å². The van der Waals surface area contributed by atoms with Gasteiger partial charge in [0.1, 0.15) is 0 Å². The van der Waals surface area contributed by atoms with Gasteiger partial charge in [0.2, 0.25) is 0 Å². The van der Waals surface area contributed by atoms with E-state index < -0.39 is 23.2 Å². The van der Waals surface area contributed by atoms with Crippen LogP contribution in [-0.2, 0) is 0 Å². The van der Waals surface area contributed by atoms with Crippen molar-refractivity contribution in [1.82, 2.24) is 0 Å². The van der Waals surface area contributed by atoms with Crippen LogP contribution in [0.25, 0.3) is 0 Å². The number of hydrogen-bond acceptors (Lipinski definition) is 3. The maximum atomic E-state index is 9.66. The van der Waals surface area contributed by atoms with E-state index in [2.05, 4.69) is 0 Å². The lowest BCUT2D eigenvalue weighted by Crippen LogP contribution is -2.50. The fourth-order valence-corrected chi connectivity index (χ4v) is 2.04. The average molecular weight is 176 g/mol. The number of rotatable bonds is 3. The Balaban J connectivity index is 4.70. The molecule has 3 heteroatoms. The SMILES string of the molecule is CC(O)C(C(C)(C)O)C(C)(C)O. The van der Waals surface area contributed by atoms with Crippen molar-refractivity contribution in [2.75, 3.05) is 0 Å². The van der Waals surface area contributed by atoms with Gasteiger partial charge in [0.15, 0.2) is 0 Å². The number of hydrogen-bond donors (Lipinski definition) is 3. The Morgan fingerprint density at radius 2 is 1.17 bits per heavy atom. The van der Waals surface area contributed by atoms with Gasteiger partial charge in [-0.2, -0.15) is 0 Å². The summed E-state index contributed by atoms with van der Waals surface area (Å²) in [6, 6.07) is 0. The maximum absolute atomic E-state index is 9.66. The molecule has 0 saturated heterocycles. The van der Waals surface area contributed by atoms with Crippen LogP contribution in [0.1, 0.15) is 34.6 Å². The van der Waals surface area contributed by atoms with Crippen LogP contribution in [0.15, 0.2) is 0 Å². The van der Waals surface area contributed by atoms with E-state index >= 15 is 0 Å². The normalized spacial score (nSPS) is 16.8. The molecule has 12 heavy (non-hydrogen) atoms. The maximum Gasteiger partial charge on any atom is 0.0671 e. The third kappa shape index (κ3) is 3.09. The summed E-state index contributed by atoms with van der Waals surface area (Å²) in [5.74, 6) is -0.551. The Kier molecular flexibility index (Phi) is 3.29. The fourth-order valence-electron chi connectivity index (χ4n) is 2.04. The van der Waals surface area contributed by atoms with Gasteiger partial charge in [-0.15, -0.1) is 0 Å². The van der Waals surface area contributed by atoms with E-state index in [1.807, 2.05) is 0 Å². The molecule has 3 N–H and O–H groups in total. The van der Waals surface area contributed by atoms with Crippen molar-refractivity contribution >= 4 is 0 Å². The Hall–Kier alpha value is -0.120. The number of aliphatic hydroxyl groups is 3. The van der Waals surface area contributed by atoms with E-state index in [1.165, 1.54) is 0 Å². The zero-order chi connectivity index (χ0) is 10.2. The first-order valence-electron chi connectivity index (χ1n) is 4.19. The molecule has 0 aliphatic rings. The summed E-state index contributed by atoms with van der Waals surface area (Å²) < 4.78 is 0. The number of aliphatic hydroxyl groups excluding tert-OH is 1. The van der Waals surface area contributed by atoms with Crippen LogP contribution in [0.2, 0.25) is 0 Å². The Labute approximate surface area is 74.0 Å². The Morgan fingerprint density at radius 3 is 1.17 bits per heavy atom. The minimum atomic E-state index is -1.08. The topological polar surface area (TPSA) is 60.7 Å². The van der Waals surface area contributed by atoms with Gasteiger partial charge in [-0.25, -0.2) is 0 Å². The van der Waals surface area contributed by atoms with E-state index in [1.54, 1.807) is 34.6 Å². The lowest BCUT2D eigenvalue weighted by Gasteiger charge is -2.40. The van der Waals surface area contributed by atoms with Gasteiger partial charge < -0.3 is 15.3 Å². The summed E-state index contributed by atoms with van der Waals surface area (Å²) in [4.78, 5) is 0. The zero-order valence-corrected chi connectivity index (χ0v) is 8.50. The van der Waals surface area contributed by atoms with E-state index in [0.717, 1.165) is 0 Å². The van der Waals surface area contributed by atoms with E-state index in [9.17, 15) is 15.3 Å². The molecule has 74 valence electrons. The molecule has 0 fully saturated rings. The summed E-state index contributed by atoms with van der Waals surface area (Å²) in [6.07, 6.45) is -0.731. The van der Waals surface area contributed by atoms with Crippen molar-refractivity contribution in [2.45, 2.75) is 51.9 Å². The van der Waals surface area contributed by atoms with Gasteiger partial charge in [0.25, 0.3) is 0 Å². The molecule has 0 aliphatic heterocycles. The highest BCUT2D eigenvalue weighted by atomic mass is 16.3. The van der Waals surface area contributed by atoms with Gasteiger partial charge in [-0.05, 0) is 34.6 Å². The van der Waals surface area contributed by atoms with Gasteiger partial charge in [-0.1, -0.05) is 0 Å². The highest BCUT2D eigenvalue weighted by Gasteiger charge is 2.41. The summed E-state index contributed by atoms with van der Waals surface area (Å²) in [5, 5.41) is 28.7. The average Bonchev–Trinajstić information content (AvgIpc) is 1.49. The predicted octanol–water partition coefficient (Wildman–Crippen LogP) is 0.525. The molecule has 0 rings (SSSR count). The minimum Gasteiger partial charge on any atom is -0.393 e. The van der Waals surface area contributed by atoms with E-state index in [4.69, 9.17) is 0 Å². The first kappa shape index (κ1) is 11.9. The molecule has 0 saturated carbocycles. The smallest absolute Gasteiger partial charge is 0.0671 e. The zero-order valence-electron chi connectivity index (χ0n) is 8.50. The molecule has 1 atom stereocenters.